The lowest BCUT2D eigenvalue weighted by atomic mass is 10.1. The van der Waals surface area contributed by atoms with Crippen molar-refractivity contribution in [3.05, 3.63) is 57.5 Å². The maximum absolute atomic E-state index is 12.5. The van der Waals surface area contributed by atoms with Crippen LogP contribution in [0.1, 0.15) is 27.3 Å². The second kappa shape index (κ2) is 7.25. The molecule has 0 saturated heterocycles. The standard InChI is InChI=1S/C16H15N3OS3/c1-10-7-21-15(17-10)19-14(20)13-6-4-3-5-12(13)9-23-16-18-11(2)8-22-16/h3-8H,9H2,1-2H3,(H,17,19,20). The van der Waals surface area contributed by atoms with Crippen LogP contribution >= 0.6 is 34.4 Å². The Morgan fingerprint density at radius 1 is 1.13 bits per heavy atom. The number of amides is 1. The van der Waals surface area contributed by atoms with Gasteiger partial charge in [0.2, 0.25) is 0 Å². The second-order valence-electron chi connectivity index (χ2n) is 4.95. The maximum Gasteiger partial charge on any atom is 0.257 e. The third kappa shape index (κ3) is 4.19. The van der Waals surface area contributed by atoms with Gasteiger partial charge in [0.05, 0.1) is 5.69 Å². The van der Waals surface area contributed by atoms with Gasteiger partial charge < -0.3 is 0 Å². The van der Waals surface area contributed by atoms with Crippen LogP contribution < -0.4 is 5.32 Å². The van der Waals surface area contributed by atoms with Crippen molar-refractivity contribution in [1.82, 2.24) is 9.97 Å². The highest BCUT2D eigenvalue weighted by atomic mass is 32.2. The van der Waals surface area contributed by atoms with Crippen LogP contribution in [0.3, 0.4) is 0 Å². The minimum atomic E-state index is -0.120. The topological polar surface area (TPSA) is 54.9 Å². The Labute approximate surface area is 147 Å². The van der Waals surface area contributed by atoms with Gasteiger partial charge in [-0.2, -0.15) is 0 Å². The summed E-state index contributed by atoms with van der Waals surface area (Å²) in [5, 5.41) is 7.45. The molecule has 0 aliphatic carbocycles. The largest absolute Gasteiger partial charge is 0.298 e. The molecule has 7 heteroatoms. The van der Waals surface area contributed by atoms with Crippen LogP contribution in [0.15, 0.2) is 39.4 Å². The molecule has 118 valence electrons. The predicted octanol–water partition coefficient (Wildman–Crippen LogP) is 4.76. The van der Waals surface area contributed by atoms with Crippen molar-refractivity contribution in [3.8, 4) is 0 Å². The number of hydrogen-bond acceptors (Lipinski definition) is 6. The highest BCUT2D eigenvalue weighted by molar-refractivity contribution is 8.00. The predicted molar refractivity (Wildman–Crippen MR) is 97.7 cm³/mol. The lowest BCUT2D eigenvalue weighted by molar-refractivity contribution is 0.102. The van der Waals surface area contributed by atoms with E-state index in [-0.39, 0.29) is 5.91 Å². The number of thiazole rings is 2. The van der Waals surface area contributed by atoms with E-state index < -0.39 is 0 Å². The third-order valence-corrected chi connectivity index (χ3v) is 6.11. The van der Waals surface area contributed by atoms with Gasteiger partial charge in [-0.3, -0.25) is 10.1 Å². The molecule has 1 amide bonds. The number of rotatable bonds is 5. The summed E-state index contributed by atoms with van der Waals surface area (Å²) in [5.74, 6) is 0.596. The van der Waals surface area contributed by atoms with Crippen molar-refractivity contribution in [2.45, 2.75) is 23.9 Å². The summed E-state index contributed by atoms with van der Waals surface area (Å²) < 4.78 is 1.02. The third-order valence-electron chi connectivity index (χ3n) is 3.05. The molecule has 0 aliphatic heterocycles. The van der Waals surface area contributed by atoms with Crippen molar-refractivity contribution in [1.29, 1.82) is 0 Å². The van der Waals surface area contributed by atoms with Gasteiger partial charge in [0.15, 0.2) is 5.13 Å². The summed E-state index contributed by atoms with van der Waals surface area (Å²) >= 11 is 4.72. The summed E-state index contributed by atoms with van der Waals surface area (Å²) in [6.45, 7) is 3.89. The molecule has 2 heterocycles. The van der Waals surface area contributed by atoms with Gasteiger partial charge in [0.25, 0.3) is 5.91 Å². The first-order valence-corrected chi connectivity index (χ1v) is 9.72. The Bertz CT molecular complexity index is 825. The minimum absolute atomic E-state index is 0.120. The van der Waals surface area contributed by atoms with Gasteiger partial charge in [-0.1, -0.05) is 30.0 Å². The van der Waals surface area contributed by atoms with Crippen molar-refractivity contribution in [2.75, 3.05) is 5.32 Å². The Kier molecular flexibility index (Phi) is 5.09. The molecule has 0 unspecified atom stereocenters. The molecular weight excluding hydrogens is 346 g/mol. The number of aryl methyl sites for hydroxylation is 2. The molecule has 23 heavy (non-hydrogen) atoms. The molecule has 2 aromatic heterocycles. The normalized spacial score (nSPS) is 10.7. The molecule has 0 radical (unpaired) electrons. The fourth-order valence-electron chi connectivity index (χ4n) is 1.98. The smallest absolute Gasteiger partial charge is 0.257 e. The van der Waals surface area contributed by atoms with E-state index in [1.807, 2.05) is 48.9 Å². The van der Waals surface area contributed by atoms with E-state index in [1.54, 1.807) is 23.1 Å². The molecule has 3 aromatic rings. The van der Waals surface area contributed by atoms with Gasteiger partial charge in [0.1, 0.15) is 4.34 Å². The molecule has 0 spiro atoms. The van der Waals surface area contributed by atoms with Gasteiger partial charge in [0, 0.05) is 27.8 Å². The summed E-state index contributed by atoms with van der Waals surface area (Å²) in [5.41, 5.74) is 3.62. The number of thioether (sulfide) groups is 1. The molecule has 0 aliphatic rings. The van der Waals surface area contributed by atoms with Crippen molar-refractivity contribution in [3.63, 3.8) is 0 Å². The lowest BCUT2D eigenvalue weighted by Crippen LogP contribution is -2.13. The van der Waals surface area contributed by atoms with Crippen molar-refractivity contribution >= 4 is 45.5 Å². The molecule has 0 fully saturated rings. The lowest BCUT2D eigenvalue weighted by Gasteiger charge is -2.08. The Balaban J connectivity index is 1.73. The number of anilines is 1. The summed E-state index contributed by atoms with van der Waals surface area (Å²) in [6.07, 6.45) is 0. The van der Waals surface area contributed by atoms with Crippen LogP contribution in [-0.2, 0) is 5.75 Å². The van der Waals surface area contributed by atoms with Crippen LogP contribution in [-0.4, -0.2) is 15.9 Å². The summed E-state index contributed by atoms with van der Waals surface area (Å²) in [4.78, 5) is 21.2. The highest BCUT2D eigenvalue weighted by Crippen LogP contribution is 2.27. The highest BCUT2D eigenvalue weighted by Gasteiger charge is 2.13. The van der Waals surface area contributed by atoms with Gasteiger partial charge in [-0.05, 0) is 25.5 Å². The van der Waals surface area contributed by atoms with E-state index in [0.717, 1.165) is 21.3 Å². The Morgan fingerprint density at radius 2 is 1.87 bits per heavy atom. The molecular formula is C16H15N3OS3. The fraction of sp³-hybridized carbons (Fsp3) is 0.188. The maximum atomic E-state index is 12.5. The van der Waals surface area contributed by atoms with Gasteiger partial charge in [-0.15, -0.1) is 22.7 Å². The van der Waals surface area contributed by atoms with Crippen molar-refractivity contribution in [2.24, 2.45) is 0 Å². The molecule has 0 atom stereocenters. The van der Waals surface area contributed by atoms with E-state index in [1.165, 1.54) is 11.3 Å². The molecule has 3 rings (SSSR count). The number of benzene rings is 1. The second-order valence-corrected chi connectivity index (χ2v) is 7.89. The number of aromatic nitrogens is 2. The molecule has 1 N–H and O–H groups in total. The quantitative estimate of drug-likeness (QED) is 0.666. The van der Waals surface area contributed by atoms with E-state index in [0.29, 0.717) is 16.4 Å². The molecule has 0 saturated carbocycles. The van der Waals surface area contributed by atoms with Crippen LogP contribution in [0, 0.1) is 13.8 Å². The molecule has 4 nitrogen and oxygen atoms in total. The van der Waals surface area contributed by atoms with Crippen LogP contribution in [0.2, 0.25) is 0 Å². The zero-order valence-corrected chi connectivity index (χ0v) is 15.1. The first-order chi connectivity index (χ1) is 11.1. The van der Waals surface area contributed by atoms with Crippen LogP contribution in [0.4, 0.5) is 5.13 Å². The monoisotopic (exact) mass is 361 g/mol. The first-order valence-electron chi connectivity index (χ1n) is 6.98. The van der Waals surface area contributed by atoms with E-state index in [9.17, 15) is 4.79 Å². The van der Waals surface area contributed by atoms with Crippen LogP contribution in [0.25, 0.3) is 0 Å². The number of nitrogens with one attached hydrogen (secondary N) is 1. The SMILES string of the molecule is Cc1csc(NC(=O)c2ccccc2CSc2nc(C)cs2)n1. The van der Waals surface area contributed by atoms with Crippen LogP contribution in [0.5, 0.6) is 0 Å². The number of nitrogens with zero attached hydrogens (tertiary/aromatic N) is 2. The molecule has 0 bridgehead atoms. The van der Waals surface area contributed by atoms with Gasteiger partial charge >= 0.3 is 0 Å². The average Bonchev–Trinajstić information content (AvgIpc) is 3.14. The van der Waals surface area contributed by atoms with E-state index in [4.69, 9.17) is 0 Å². The number of hydrogen-bond donors (Lipinski definition) is 1. The zero-order valence-electron chi connectivity index (χ0n) is 12.7. The first kappa shape index (κ1) is 16.2. The Hall–Kier alpha value is -1.70. The zero-order chi connectivity index (χ0) is 16.2. The number of carbonyl (C=O) groups is 1. The summed E-state index contributed by atoms with van der Waals surface area (Å²) in [6, 6.07) is 7.66. The van der Waals surface area contributed by atoms with E-state index in [2.05, 4.69) is 15.3 Å². The number of carbonyl (C=O) groups excluding carboxylic acids is 1. The summed E-state index contributed by atoms with van der Waals surface area (Å²) in [7, 11) is 0. The molecule has 1 aromatic carbocycles. The average molecular weight is 362 g/mol. The van der Waals surface area contributed by atoms with Crippen molar-refractivity contribution < 1.29 is 4.79 Å². The van der Waals surface area contributed by atoms with E-state index >= 15 is 0 Å². The van der Waals surface area contributed by atoms with Gasteiger partial charge in [-0.25, -0.2) is 9.97 Å². The minimum Gasteiger partial charge on any atom is -0.298 e. The Morgan fingerprint density at radius 3 is 2.57 bits per heavy atom. The fourth-order valence-corrected chi connectivity index (χ4v) is 4.52.